The lowest BCUT2D eigenvalue weighted by molar-refractivity contribution is -0.161. The molecule has 0 aromatic carbocycles. The normalized spacial score (nSPS) is 13.6. The van der Waals surface area contributed by atoms with E-state index in [1.807, 2.05) is 0 Å². The number of carbonyl (C=O) groups excluding carboxylic acids is 2. The van der Waals surface area contributed by atoms with E-state index in [4.69, 9.17) is 24.3 Å². The van der Waals surface area contributed by atoms with Crippen LogP contribution in [0.15, 0.2) is 0 Å². The van der Waals surface area contributed by atoms with Gasteiger partial charge in [0.25, 0.3) is 0 Å². The lowest BCUT2D eigenvalue weighted by Crippen LogP contribution is -2.29. The number of ether oxygens (including phenoxy) is 2. The molecule has 0 aliphatic rings. The van der Waals surface area contributed by atoms with E-state index in [0.29, 0.717) is 6.42 Å². The molecule has 2 atom stereocenters. The fourth-order valence-electron chi connectivity index (χ4n) is 4.52. The molecule has 41 heavy (non-hydrogen) atoms. The van der Waals surface area contributed by atoms with Crippen LogP contribution in [0.5, 0.6) is 0 Å². The molecule has 244 valence electrons. The van der Waals surface area contributed by atoms with Crippen LogP contribution in [0, 0.1) is 0 Å². The van der Waals surface area contributed by atoms with Crippen LogP contribution in [0.2, 0.25) is 0 Å². The Morgan fingerprint density at radius 1 is 0.634 bits per heavy atom. The van der Waals surface area contributed by atoms with E-state index in [2.05, 4.69) is 13.8 Å². The van der Waals surface area contributed by atoms with Crippen LogP contribution in [0.3, 0.4) is 0 Å². The number of rotatable bonds is 31. The first-order valence-electron chi connectivity index (χ1n) is 16.5. The van der Waals surface area contributed by atoms with Crippen molar-refractivity contribution in [3.63, 3.8) is 0 Å². The molecular formula is C31H62NO8P. The number of phosphoric ester groups is 1. The molecule has 0 saturated heterocycles. The molecule has 10 heteroatoms. The summed E-state index contributed by atoms with van der Waals surface area (Å²) in [6.45, 7) is 3.63. The molecule has 0 aromatic heterocycles. The van der Waals surface area contributed by atoms with Crippen molar-refractivity contribution in [2.75, 3.05) is 26.4 Å². The minimum Gasteiger partial charge on any atom is -0.462 e. The van der Waals surface area contributed by atoms with Gasteiger partial charge in [0.1, 0.15) is 6.61 Å². The lowest BCUT2D eigenvalue weighted by Gasteiger charge is -2.19. The van der Waals surface area contributed by atoms with Gasteiger partial charge in [0.05, 0.1) is 13.2 Å². The van der Waals surface area contributed by atoms with Crippen molar-refractivity contribution in [1.82, 2.24) is 0 Å². The van der Waals surface area contributed by atoms with Crippen molar-refractivity contribution in [2.24, 2.45) is 5.73 Å². The molecule has 0 radical (unpaired) electrons. The van der Waals surface area contributed by atoms with Gasteiger partial charge in [-0.05, 0) is 12.8 Å². The van der Waals surface area contributed by atoms with E-state index in [1.165, 1.54) is 77.0 Å². The van der Waals surface area contributed by atoms with E-state index >= 15 is 0 Å². The van der Waals surface area contributed by atoms with Crippen LogP contribution >= 0.6 is 7.82 Å². The molecule has 0 saturated carbocycles. The number of hydrogen-bond acceptors (Lipinski definition) is 8. The predicted molar refractivity (Wildman–Crippen MR) is 165 cm³/mol. The molecule has 0 fully saturated rings. The summed E-state index contributed by atoms with van der Waals surface area (Å²) in [5.74, 6) is -0.837. The summed E-state index contributed by atoms with van der Waals surface area (Å²) in [5, 5.41) is 0. The Bertz CT molecular complexity index is 664. The fraction of sp³-hybridized carbons (Fsp3) is 0.935. The van der Waals surface area contributed by atoms with Crippen LogP contribution in [-0.4, -0.2) is 49.3 Å². The van der Waals surface area contributed by atoms with Gasteiger partial charge in [-0.25, -0.2) is 4.57 Å². The average molecular weight is 608 g/mol. The fourth-order valence-corrected chi connectivity index (χ4v) is 5.28. The number of phosphoric acid groups is 1. The largest absolute Gasteiger partial charge is 0.472 e. The number of esters is 2. The van der Waals surface area contributed by atoms with E-state index in [-0.39, 0.29) is 32.6 Å². The quantitative estimate of drug-likeness (QED) is 0.0454. The van der Waals surface area contributed by atoms with E-state index in [1.54, 1.807) is 0 Å². The maximum Gasteiger partial charge on any atom is 0.472 e. The third kappa shape index (κ3) is 28.9. The van der Waals surface area contributed by atoms with Gasteiger partial charge in [-0.15, -0.1) is 0 Å². The highest BCUT2D eigenvalue weighted by Crippen LogP contribution is 2.43. The topological polar surface area (TPSA) is 134 Å². The maximum absolute atomic E-state index is 12.4. The number of carbonyl (C=O) groups is 2. The zero-order valence-corrected chi connectivity index (χ0v) is 27.2. The summed E-state index contributed by atoms with van der Waals surface area (Å²) in [7, 11) is -4.35. The first-order valence-corrected chi connectivity index (χ1v) is 18.0. The highest BCUT2D eigenvalue weighted by atomic mass is 31.2. The molecule has 1 unspecified atom stereocenters. The molecule has 0 aromatic rings. The van der Waals surface area contributed by atoms with Crippen molar-refractivity contribution >= 4 is 19.8 Å². The summed E-state index contributed by atoms with van der Waals surface area (Å²) in [5.41, 5.74) is 5.30. The molecule has 0 spiro atoms. The molecular weight excluding hydrogens is 545 g/mol. The van der Waals surface area contributed by atoms with E-state index in [0.717, 1.165) is 44.9 Å². The Labute approximate surface area is 250 Å². The number of nitrogens with two attached hydrogens (primary N) is 1. The Balaban J connectivity index is 4.15. The van der Waals surface area contributed by atoms with Gasteiger partial charge in [-0.3, -0.25) is 18.6 Å². The van der Waals surface area contributed by atoms with Gasteiger partial charge >= 0.3 is 19.8 Å². The van der Waals surface area contributed by atoms with E-state index in [9.17, 15) is 19.0 Å². The monoisotopic (exact) mass is 607 g/mol. The highest BCUT2D eigenvalue weighted by molar-refractivity contribution is 7.47. The molecule has 3 N–H and O–H groups in total. The van der Waals surface area contributed by atoms with Crippen molar-refractivity contribution in [2.45, 2.75) is 161 Å². The standard InChI is InChI=1S/C31H62NO8P/c1-3-5-7-9-10-11-12-13-14-15-16-17-18-20-22-24-31(34)40-29(28-39-41(35,36)38-26-25-32)27-37-30(33)23-21-19-8-6-4-2/h29H,3-28,32H2,1-2H3,(H,35,36)/t29-/m1/s1. The average Bonchev–Trinajstić information content (AvgIpc) is 2.95. The lowest BCUT2D eigenvalue weighted by atomic mass is 10.0. The Morgan fingerprint density at radius 2 is 1.05 bits per heavy atom. The summed E-state index contributed by atoms with van der Waals surface area (Å²) < 4.78 is 32.3. The summed E-state index contributed by atoms with van der Waals surface area (Å²) >= 11 is 0. The smallest absolute Gasteiger partial charge is 0.462 e. The Hall–Kier alpha value is -0.990. The highest BCUT2D eigenvalue weighted by Gasteiger charge is 2.25. The van der Waals surface area contributed by atoms with Crippen LogP contribution in [0.1, 0.15) is 155 Å². The number of unbranched alkanes of at least 4 members (excludes halogenated alkanes) is 18. The first-order chi connectivity index (χ1) is 19.8. The third-order valence-corrected chi connectivity index (χ3v) is 7.98. The zero-order chi connectivity index (χ0) is 30.4. The van der Waals surface area contributed by atoms with Crippen LogP contribution in [0.4, 0.5) is 0 Å². The second-order valence-electron chi connectivity index (χ2n) is 11.0. The van der Waals surface area contributed by atoms with E-state index < -0.39 is 32.5 Å². The SMILES string of the molecule is CCCCCCCCCCCCCCCCCC(=O)O[C@H](COC(=O)CCCCCCC)COP(=O)(O)OCCN. The molecule has 0 amide bonds. The minimum atomic E-state index is -4.35. The molecule has 0 aliphatic heterocycles. The predicted octanol–water partition coefficient (Wildman–Crippen LogP) is 8.16. The van der Waals surface area contributed by atoms with Gasteiger partial charge in [0.15, 0.2) is 6.10 Å². The maximum atomic E-state index is 12.4. The van der Waals surface area contributed by atoms with Gasteiger partial charge in [0.2, 0.25) is 0 Å². The molecule has 9 nitrogen and oxygen atoms in total. The van der Waals surface area contributed by atoms with Gasteiger partial charge < -0.3 is 20.1 Å². The van der Waals surface area contributed by atoms with Gasteiger partial charge in [0, 0.05) is 19.4 Å². The first kappa shape index (κ1) is 40.0. The van der Waals surface area contributed by atoms with Crippen molar-refractivity contribution in [3.05, 3.63) is 0 Å². The summed E-state index contributed by atoms with van der Waals surface area (Å²) in [6, 6.07) is 0. The molecule has 0 rings (SSSR count). The van der Waals surface area contributed by atoms with Gasteiger partial charge in [-0.1, -0.05) is 129 Å². The Morgan fingerprint density at radius 3 is 1.49 bits per heavy atom. The van der Waals surface area contributed by atoms with Crippen molar-refractivity contribution < 1.29 is 37.6 Å². The Kier molecular flexibility index (Phi) is 28.4. The molecule has 0 aliphatic carbocycles. The van der Waals surface area contributed by atoms with Crippen molar-refractivity contribution in [3.8, 4) is 0 Å². The summed E-state index contributed by atoms with van der Waals surface area (Å²) in [4.78, 5) is 34.2. The second-order valence-corrected chi connectivity index (χ2v) is 12.5. The number of hydrogen-bond donors (Lipinski definition) is 2. The van der Waals surface area contributed by atoms with Crippen LogP contribution in [-0.2, 0) is 32.7 Å². The zero-order valence-electron chi connectivity index (χ0n) is 26.3. The van der Waals surface area contributed by atoms with Crippen LogP contribution < -0.4 is 5.73 Å². The molecule has 0 heterocycles. The summed E-state index contributed by atoms with van der Waals surface area (Å²) in [6.07, 6.45) is 23.2. The minimum absolute atomic E-state index is 0.0570. The van der Waals surface area contributed by atoms with Crippen molar-refractivity contribution in [1.29, 1.82) is 0 Å². The van der Waals surface area contributed by atoms with Gasteiger partial charge in [-0.2, -0.15) is 0 Å². The molecule has 0 bridgehead atoms. The second kappa shape index (κ2) is 29.1. The third-order valence-electron chi connectivity index (χ3n) is 6.99. The van der Waals surface area contributed by atoms with Crippen LogP contribution in [0.25, 0.3) is 0 Å².